The number of hydrogen-bond donors (Lipinski definition) is 3. The number of nitrogens with zero attached hydrogens (tertiary/aromatic N) is 4. The zero-order valence-corrected chi connectivity index (χ0v) is 25.8. The fourth-order valence-corrected chi connectivity index (χ4v) is 5.20. The van der Waals surface area contributed by atoms with Crippen molar-refractivity contribution in [2.45, 2.75) is 38.5 Å². The molecule has 0 saturated carbocycles. The Morgan fingerprint density at radius 2 is 1.91 bits per heavy atom. The van der Waals surface area contributed by atoms with Gasteiger partial charge in [0.25, 0.3) is 5.91 Å². The van der Waals surface area contributed by atoms with Crippen molar-refractivity contribution in [3.05, 3.63) is 64.6 Å². The van der Waals surface area contributed by atoms with Gasteiger partial charge in [0.2, 0.25) is 5.95 Å². The van der Waals surface area contributed by atoms with Crippen molar-refractivity contribution >= 4 is 40.0 Å². The lowest BCUT2D eigenvalue weighted by Gasteiger charge is -2.29. The number of carbonyl (C=O) groups excluding carboxylic acids is 1. The zero-order valence-electron chi connectivity index (χ0n) is 25.0. The molecule has 2 heterocycles. The molecule has 1 aliphatic heterocycles. The van der Waals surface area contributed by atoms with E-state index in [-0.39, 0.29) is 35.5 Å². The second kappa shape index (κ2) is 13.8. The van der Waals surface area contributed by atoms with Crippen molar-refractivity contribution in [3.8, 4) is 5.75 Å². The number of rotatable bonds is 10. The normalized spacial score (nSPS) is 15.0. The molecule has 3 N–H and O–H groups in total. The number of methoxy groups -OCH3 is 1. The summed E-state index contributed by atoms with van der Waals surface area (Å²) < 4.78 is 75.7. The maximum atomic E-state index is 15.1. The third-order valence-corrected chi connectivity index (χ3v) is 8.31. The van der Waals surface area contributed by atoms with Gasteiger partial charge in [0.1, 0.15) is 33.9 Å². The predicted molar refractivity (Wildman–Crippen MR) is 162 cm³/mol. The van der Waals surface area contributed by atoms with Gasteiger partial charge in [-0.25, -0.2) is 13.6 Å². The van der Waals surface area contributed by atoms with E-state index in [0.717, 1.165) is 37.6 Å². The Morgan fingerprint density at radius 1 is 1.20 bits per heavy atom. The molecule has 1 amide bonds. The van der Waals surface area contributed by atoms with Crippen LogP contribution in [0.1, 0.15) is 39.9 Å². The molecule has 3 aromatic rings. The number of halogens is 4. The summed E-state index contributed by atoms with van der Waals surface area (Å²) in [6, 6.07) is 7.45. The molecule has 1 aromatic heterocycles. The van der Waals surface area contributed by atoms with E-state index in [1.165, 1.54) is 23.7 Å². The highest BCUT2D eigenvalue weighted by Gasteiger charge is 2.35. The van der Waals surface area contributed by atoms with E-state index in [9.17, 15) is 22.2 Å². The average Bonchev–Trinajstić information content (AvgIpc) is 2.96. The quantitative estimate of drug-likeness (QED) is 0.271. The second-order valence-corrected chi connectivity index (χ2v) is 12.0. The number of likely N-dealkylation sites (tertiary alicyclic amines) is 1. The number of hydrogen-bond acceptors (Lipinski definition) is 8. The Balaban J connectivity index is 1.59. The minimum Gasteiger partial charge on any atom is -0.495 e. The molecule has 15 heteroatoms. The van der Waals surface area contributed by atoms with E-state index in [1.807, 2.05) is 14.0 Å². The second-order valence-electron chi connectivity index (χ2n) is 10.6. The molecule has 0 aliphatic carbocycles. The number of benzene rings is 2. The van der Waals surface area contributed by atoms with Crippen LogP contribution in [0.25, 0.3) is 0 Å². The van der Waals surface area contributed by atoms with Gasteiger partial charge in [0.15, 0.2) is 0 Å². The Kier molecular flexibility index (Phi) is 10.3. The van der Waals surface area contributed by atoms with Crippen molar-refractivity contribution in [1.29, 1.82) is 0 Å². The first-order valence-corrected chi connectivity index (χ1v) is 15.3. The molecule has 1 saturated heterocycles. The minimum absolute atomic E-state index is 0.0134. The molecule has 0 spiro atoms. The van der Waals surface area contributed by atoms with Crippen molar-refractivity contribution in [2.75, 3.05) is 55.5 Å². The number of ether oxygens (including phenoxy) is 1. The predicted octanol–water partition coefficient (Wildman–Crippen LogP) is 4.86. The number of nitrogens with one attached hydrogen (secondary N) is 3. The van der Waals surface area contributed by atoms with Crippen LogP contribution in [0.3, 0.4) is 0 Å². The van der Waals surface area contributed by atoms with Crippen LogP contribution in [0.5, 0.6) is 5.75 Å². The highest BCUT2D eigenvalue weighted by Crippen LogP contribution is 2.36. The fraction of sp³-hybridized carbons (Fsp3) is 0.414. The standard InChI is InChI=1S/C29H35F4N7O3S/c1-17-6-7-18(24(12-17)40(3)44(5)42)15-34-26-21(29(31,32)33)16-35-28(38-26)37-23-14-22(30)20(13-25(23)43-4)27(41)36-19-8-10-39(2)11-9-19/h6-7,12-14,16,19H,8-11,15H2,1-5H3,(H,36,41)(H2,34,35,37,38). The summed E-state index contributed by atoms with van der Waals surface area (Å²) in [5.74, 6) is -2.16. The highest BCUT2D eigenvalue weighted by atomic mass is 32.2. The SMILES string of the molecule is COc1cc(C(=O)NC2CCN(C)CC2)c(F)cc1Nc1ncc(C(F)(F)F)c(NCc2ccc(C)cc2N(C)S(C)=O)n1. The van der Waals surface area contributed by atoms with Gasteiger partial charge in [-0.15, -0.1) is 0 Å². The van der Waals surface area contributed by atoms with Gasteiger partial charge in [-0.2, -0.15) is 18.2 Å². The van der Waals surface area contributed by atoms with Gasteiger partial charge < -0.3 is 25.6 Å². The number of piperidine rings is 1. The highest BCUT2D eigenvalue weighted by molar-refractivity contribution is 7.85. The van der Waals surface area contributed by atoms with Crippen molar-refractivity contribution < 1.29 is 31.3 Å². The molecule has 1 fully saturated rings. The Bertz CT molecular complexity index is 1530. The number of aryl methyl sites for hydroxylation is 1. The van der Waals surface area contributed by atoms with Crippen LogP contribution >= 0.6 is 0 Å². The summed E-state index contributed by atoms with van der Waals surface area (Å²) in [6.45, 7) is 3.40. The summed E-state index contributed by atoms with van der Waals surface area (Å²) in [4.78, 5) is 22.8. The van der Waals surface area contributed by atoms with Gasteiger partial charge in [-0.3, -0.25) is 9.10 Å². The Morgan fingerprint density at radius 3 is 2.55 bits per heavy atom. The van der Waals surface area contributed by atoms with Crippen LogP contribution in [0.4, 0.5) is 40.7 Å². The van der Waals surface area contributed by atoms with E-state index in [4.69, 9.17) is 4.74 Å². The lowest BCUT2D eigenvalue weighted by Crippen LogP contribution is -2.43. The first-order valence-electron chi connectivity index (χ1n) is 13.8. The molecule has 1 aliphatic rings. The van der Waals surface area contributed by atoms with Crippen LogP contribution in [-0.2, 0) is 23.7 Å². The number of carbonyl (C=O) groups is 1. The molecular formula is C29H35F4N7O3S. The molecule has 0 radical (unpaired) electrons. The zero-order chi connectivity index (χ0) is 32.2. The summed E-state index contributed by atoms with van der Waals surface area (Å²) in [6.07, 6.45) is -1.18. The van der Waals surface area contributed by atoms with E-state index in [1.54, 1.807) is 25.2 Å². The van der Waals surface area contributed by atoms with Crippen LogP contribution < -0.4 is 25.0 Å². The third kappa shape index (κ3) is 7.94. The maximum Gasteiger partial charge on any atom is 0.421 e. The summed E-state index contributed by atoms with van der Waals surface area (Å²) in [5, 5.41) is 8.28. The average molecular weight is 638 g/mol. The van der Waals surface area contributed by atoms with Gasteiger partial charge in [-0.05, 0) is 63.2 Å². The fourth-order valence-electron chi connectivity index (χ4n) is 4.75. The van der Waals surface area contributed by atoms with Crippen molar-refractivity contribution in [1.82, 2.24) is 20.2 Å². The number of alkyl halides is 3. The largest absolute Gasteiger partial charge is 0.495 e. The monoisotopic (exact) mass is 637 g/mol. The molecule has 44 heavy (non-hydrogen) atoms. The first-order chi connectivity index (χ1) is 20.8. The summed E-state index contributed by atoms with van der Waals surface area (Å²) in [7, 11) is 3.56. The number of aromatic nitrogens is 2. The molecule has 0 bridgehead atoms. The Hall–Kier alpha value is -3.98. The smallest absolute Gasteiger partial charge is 0.421 e. The summed E-state index contributed by atoms with van der Waals surface area (Å²) in [5.41, 5.74) is 0.737. The van der Waals surface area contributed by atoms with Crippen LogP contribution in [-0.4, -0.2) is 71.6 Å². The Labute approximate surface area is 255 Å². The molecule has 238 valence electrons. The number of anilines is 4. The topological polar surface area (TPSA) is 112 Å². The van der Waals surface area contributed by atoms with Gasteiger partial charge in [0.05, 0.1) is 24.0 Å². The molecular weight excluding hydrogens is 602 g/mol. The minimum atomic E-state index is -4.77. The third-order valence-electron chi connectivity index (χ3n) is 7.34. The van der Waals surface area contributed by atoms with Crippen LogP contribution in [0, 0.1) is 12.7 Å². The van der Waals surface area contributed by atoms with Gasteiger partial charge >= 0.3 is 6.18 Å². The van der Waals surface area contributed by atoms with Gasteiger partial charge in [0, 0.05) is 38.2 Å². The van der Waals surface area contributed by atoms with Crippen molar-refractivity contribution in [2.24, 2.45) is 0 Å². The van der Waals surface area contributed by atoms with Crippen LogP contribution in [0.2, 0.25) is 0 Å². The molecule has 1 atom stereocenters. The maximum absolute atomic E-state index is 15.1. The van der Waals surface area contributed by atoms with E-state index in [0.29, 0.717) is 17.4 Å². The lowest BCUT2D eigenvalue weighted by atomic mass is 10.0. The van der Waals surface area contributed by atoms with Crippen molar-refractivity contribution in [3.63, 3.8) is 0 Å². The lowest BCUT2D eigenvalue weighted by molar-refractivity contribution is -0.137. The molecule has 4 rings (SSSR count). The molecule has 1 unspecified atom stereocenters. The summed E-state index contributed by atoms with van der Waals surface area (Å²) >= 11 is 0. The van der Waals surface area contributed by atoms with E-state index >= 15 is 4.39 Å². The number of amides is 1. The van der Waals surface area contributed by atoms with Crippen LogP contribution in [0.15, 0.2) is 36.5 Å². The van der Waals surface area contributed by atoms with E-state index in [2.05, 4.69) is 30.8 Å². The molecule has 2 aromatic carbocycles. The first kappa shape index (κ1) is 32.9. The molecule has 10 nitrogen and oxygen atoms in total. The van der Waals surface area contributed by atoms with E-state index < -0.39 is 40.3 Å². The van der Waals surface area contributed by atoms with Gasteiger partial charge in [-0.1, -0.05) is 12.1 Å².